The fourth-order valence-corrected chi connectivity index (χ4v) is 1.67. The summed E-state index contributed by atoms with van der Waals surface area (Å²) >= 11 is 6.02. The first-order valence-corrected chi connectivity index (χ1v) is 6.16. The number of anilines is 2. The molecule has 2 aromatic rings. The van der Waals surface area contributed by atoms with Crippen molar-refractivity contribution in [1.82, 2.24) is 9.97 Å². The number of methoxy groups -OCH3 is 1. The van der Waals surface area contributed by atoms with Gasteiger partial charge in [0, 0.05) is 13.1 Å². The smallest absolute Gasteiger partial charge is 0.275 e. The van der Waals surface area contributed by atoms with Crippen LogP contribution in [0.25, 0.3) is 0 Å². The molecular formula is C13H13ClN4O2. The molecule has 0 fully saturated rings. The Morgan fingerprint density at radius 1 is 1.35 bits per heavy atom. The lowest BCUT2D eigenvalue weighted by Gasteiger charge is -2.09. The third kappa shape index (κ3) is 3.16. The Balaban J connectivity index is 2.22. The summed E-state index contributed by atoms with van der Waals surface area (Å²) in [6.45, 7) is 0. The monoisotopic (exact) mass is 292 g/mol. The molecule has 0 spiro atoms. The Hall–Kier alpha value is -2.34. The maximum atomic E-state index is 12.1. The first-order chi connectivity index (χ1) is 9.63. The van der Waals surface area contributed by atoms with Crippen LogP contribution < -0.4 is 15.4 Å². The van der Waals surface area contributed by atoms with Crippen LogP contribution in [0.1, 0.15) is 10.5 Å². The molecule has 1 amide bonds. The van der Waals surface area contributed by atoms with Crippen LogP contribution >= 0.6 is 11.6 Å². The van der Waals surface area contributed by atoms with Crippen molar-refractivity contribution < 1.29 is 9.53 Å². The van der Waals surface area contributed by atoms with Gasteiger partial charge in [-0.25, -0.2) is 4.98 Å². The average molecular weight is 293 g/mol. The lowest BCUT2D eigenvalue weighted by atomic mass is 10.3. The predicted molar refractivity (Wildman–Crippen MR) is 77.5 cm³/mol. The summed E-state index contributed by atoms with van der Waals surface area (Å²) in [4.78, 5) is 20.1. The molecule has 0 aliphatic heterocycles. The van der Waals surface area contributed by atoms with Gasteiger partial charge in [0.05, 0.1) is 30.2 Å². The van der Waals surface area contributed by atoms with Crippen LogP contribution in [0.3, 0.4) is 0 Å². The number of hydrogen-bond donors (Lipinski definition) is 2. The van der Waals surface area contributed by atoms with Crippen LogP contribution in [0.15, 0.2) is 30.6 Å². The number of amides is 1. The predicted octanol–water partition coefficient (Wildman–Crippen LogP) is 2.43. The number of benzene rings is 1. The molecule has 0 unspecified atom stereocenters. The lowest BCUT2D eigenvalue weighted by Crippen LogP contribution is -2.15. The molecule has 2 N–H and O–H groups in total. The van der Waals surface area contributed by atoms with Crippen molar-refractivity contribution in [3.8, 4) is 5.75 Å². The van der Waals surface area contributed by atoms with E-state index in [1.54, 1.807) is 25.2 Å². The Bertz CT molecular complexity index is 634. The number of hydrogen-bond acceptors (Lipinski definition) is 5. The number of aromatic nitrogens is 2. The summed E-state index contributed by atoms with van der Waals surface area (Å²) in [6, 6.07) is 4.99. The highest BCUT2D eigenvalue weighted by Gasteiger charge is 2.11. The molecule has 0 saturated carbocycles. The fourth-order valence-electron chi connectivity index (χ4n) is 1.51. The molecule has 0 saturated heterocycles. The number of carbonyl (C=O) groups is 1. The zero-order valence-electron chi connectivity index (χ0n) is 11.0. The minimum absolute atomic E-state index is 0.190. The van der Waals surface area contributed by atoms with Crippen LogP contribution in [0.2, 0.25) is 5.02 Å². The number of rotatable bonds is 4. The van der Waals surface area contributed by atoms with E-state index in [-0.39, 0.29) is 5.69 Å². The summed E-state index contributed by atoms with van der Waals surface area (Å²) in [6.07, 6.45) is 2.90. The highest BCUT2D eigenvalue weighted by molar-refractivity contribution is 6.34. The van der Waals surface area contributed by atoms with E-state index in [9.17, 15) is 4.79 Å². The topological polar surface area (TPSA) is 76.1 Å². The maximum Gasteiger partial charge on any atom is 0.275 e. The van der Waals surface area contributed by atoms with E-state index in [1.165, 1.54) is 19.5 Å². The largest absolute Gasteiger partial charge is 0.497 e. The van der Waals surface area contributed by atoms with Crippen molar-refractivity contribution >= 4 is 29.0 Å². The SMILES string of the molecule is CNc1cncc(C(=O)Nc2cc(OC)ccc2Cl)n1. The molecule has 0 radical (unpaired) electrons. The summed E-state index contributed by atoms with van der Waals surface area (Å²) < 4.78 is 5.09. The second-order valence-corrected chi connectivity index (χ2v) is 4.25. The van der Waals surface area contributed by atoms with Gasteiger partial charge in [0.1, 0.15) is 17.3 Å². The third-order valence-corrected chi connectivity index (χ3v) is 2.87. The van der Waals surface area contributed by atoms with Gasteiger partial charge in [-0.2, -0.15) is 0 Å². The van der Waals surface area contributed by atoms with Crippen molar-refractivity contribution in [1.29, 1.82) is 0 Å². The minimum Gasteiger partial charge on any atom is -0.497 e. The van der Waals surface area contributed by atoms with Crippen molar-refractivity contribution in [2.45, 2.75) is 0 Å². The molecule has 0 atom stereocenters. The standard InChI is InChI=1S/C13H13ClN4O2/c1-15-12-7-16-6-11(17-12)13(19)18-10-5-8(20-2)3-4-9(10)14/h3-7H,1-2H3,(H,15,17)(H,18,19). The second-order valence-electron chi connectivity index (χ2n) is 3.84. The van der Waals surface area contributed by atoms with E-state index < -0.39 is 5.91 Å². The average Bonchev–Trinajstić information content (AvgIpc) is 2.49. The molecule has 0 bridgehead atoms. The van der Waals surface area contributed by atoms with Crippen molar-refractivity contribution in [2.24, 2.45) is 0 Å². The van der Waals surface area contributed by atoms with Gasteiger partial charge in [-0.1, -0.05) is 11.6 Å². The van der Waals surface area contributed by atoms with Gasteiger partial charge in [0.2, 0.25) is 0 Å². The Labute approximate surface area is 121 Å². The molecule has 7 heteroatoms. The number of halogens is 1. The van der Waals surface area contributed by atoms with E-state index in [0.717, 1.165) is 0 Å². The quantitative estimate of drug-likeness (QED) is 0.905. The first kappa shape index (κ1) is 14.1. The van der Waals surface area contributed by atoms with Gasteiger partial charge in [0.25, 0.3) is 5.91 Å². The number of nitrogens with one attached hydrogen (secondary N) is 2. The molecular weight excluding hydrogens is 280 g/mol. The second kappa shape index (κ2) is 6.21. The number of ether oxygens (including phenoxy) is 1. The summed E-state index contributed by atoms with van der Waals surface area (Å²) in [5.74, 6) is 0.707. The molecule has 1 aromatic carbocycles. The molecule has 0 aliphatic rings. The molecule has 2 rings (SSSR count). The van der Waals surface area contributed by atoms with Crippen LogP contribution in [-0.4, -0.2) is 30.0 Å². The molecule has 104 valence electrons. The van der Waals surface area contributed by atoms with E-state index in [0.29, 0.717) is 22.3 Å². The zero-order valence-corrected chi connectivity index (χ0v) is 11.7. The molecule has 20 heavy (non-hydrogen) atoms. The van der Waals surface area contributed by atoms with E-state index in [2.05, 4.69) is 20.6 Å². The van der Waals surface area contributed by atoms with Crippen LogP contribution in [0, 0.1) is 0 Å². The van der Waals surface area contributed by atoms with Crippen molar-refractivity contribution in [3.63, 3.8) is 0 Å². The first-order valence-electron chi connectivity index (χ1n) is 5.78. The van der Waals surface area contributed by atoms with Gasteiger partial charge in [0.15, 0.2) is 0 Å². The van der Waals surface area contributed by atoms with Crippen molar-refractivity contribution in [3.05, 3.63) is 41.3 Å². The van der Waals surface area contributed by atoms with Crippen LogP contribution in [-0.2, 0) is 0 Å². The van der Waals surface area contributed by atoms with Crippen molar-refractivity contribution in [2.75, 3.05) is 24.8 Å². The number of nitrogens with zero attached hydrogens (tertiary/aromatic N) is 2. The molecule has 0 aliphatic carbocycles. The van der Waals surface area contributed by atoms with Gasteiger partial charge in [-0.3, -0.25) is 9.78 Å². The van der Waals surface area contributed by atoms with Gasteiger partial charge >= 0.3 is 0 Å². The van der Waals surface area contributed by atoms with E-state index in [1.807, 2.05) is 0 Å². The summed E-state index contributed by atoms with van der Waals surface area (Å²) in [5, 5.41) is 5.90. The van der Waals surface area contributed by atoms with Gasteiger partial charge in [-0.15, -0.1) is 0 Å². The van der Waals surface area contributed by atoms with Gasteiger partial charge < -0.3 is 15.4 Å². The minimum atomic E-state index is -0.398. The van der Waals surface area contributed by atoms with E-state index in [4.69, 9.17) is 16.3 Å². The zero-order chi connectivity index (χ0) is 14.5. The third-order valence-electron chi connectivity index (χ3n) is 2.55. The Kier molecular flexibility index (Phi) is 4.37. The maximum absolute atomic E-state index is 12.1. The molecule has 1 aromatic heterocycles. The fraction of sp³-hybridized carbons (Fsp3) is 0.154. The lowest BCUT2D eigenvalue weighted by molar-refractivity contribution is 0.102. The summed E-state index contributed by atoms with van der Waals surface area (Å²) in [5.41, 5.74) is 0.642. The number of carbonyl (C=O) groups excluding carboxylic acids is 1. The Morgan fingerprint density at radius 2 is 2.15 bits per heavy atom. The molecule has 6 nitrogen and oxygen atoms in total. The van der Waals surface area contributed by atoms with Gasteiger partial charge in [-0.05, 0) is 12.1 Å². The summed E-state index contributed by atoms with van der Waals surface area (Å²) in [7, 11) is 3.24. The highest BCUT2D eigenvalue weighted by Crippen LogP contribution is 2.26. The molecule has 1 heterocycles. The van der Waals surface area contributed by atoms with Crippen LogP contribution in [0.4, 0.5) is 11.5 Å². The van der Waals surface area contributed by atoms with E-state index >= 15 is 0 Å². The highest BCUT2D eigenvalue weighted by atomic mass is 35.5. The Morgan fingerprint density at radius 3 is 2.85 bits per heavy atom. The normalized spacial score (nSPS) is 9.95. The van der Waals surface area contributed by atoms with Crippen LogP contribution in [0.5, 0.6) is 5.75 Å².